The zero-order valence-electron chi connectivity index (χ0n) is 11.4. The van der Waals surface area contributed by atoms with Crippen molar-refractivity contribution in [2.45, 2.75) is 45.7 Å². The van der Waals surface area contributed by atoms with Gasteiger partial charge in [0.15, 0.2) is 5.17 Å². The third kappa shape index (κ3) is 3.51. The fraction of sp³-hybridized carbons (Fsp3) is 0.692. The first kappa shape index (κ1) is 13.5. The molecule has 18 heavy (non-hydrogen) atoms. The fourth-order valence-corrected chi connectivity index (χ4v) is 3.17. The normalized spacial score (nSPS) is 26.3. The SMILES string of the molecule is CCC1(C)CCSC(=NCCn2cc(C)cn2)N1. The molecule has 0 bridgehead atoms. The molecule has 1 atom stereocenters. The van der Waals surface area contributed by atoms with E-state index in [0.717, 1.165) is 30.4 Å². The van der Waals surface area contributed by atoms with E-state index in [4.69, 9.17) is 0 Å². The third-order valence-electron chi connectivity index (χ3n) is 3.43. The van der Waals surface area contributed by atoms with Gasteiger partial charge < -0.3 is 5.32 Å². The van der Waals surface area contributed by atoms with Gasteiger partial charge in [-0.15, -0.1) is 0 Å². The van der Waals surface area contributed by atoms with Crippen LogP contribution in [0.2, 0.25) is 0 Å². The number of nitrogens with one attached hydrogen (secondary N) is 1. The first-order valence-electron chi connectivity index (χ1n) is 6.56. The Labute approximate surface area is 113 Å². The summed E-state index contributed by atoms with van der Waals surface area (Å²) in [6.07, 6.45) is 6.29. The summed E-state index contributed by atoms with van der Waals surface area (Å²) in [7, 11) is 0. The maximum absolute atomic E-state index is 4.64. The molecule has 1 aliphatic rings. The second-order valence-electron chi connectivity index (χ2n) is 5.11. The van der Waals surface area contributed by atoms with Crippen LogP contribution in [0.15, 0.2) is 17.4 Å². The summed E-state index contributed by atoms with van der Waals surface area (Å²) in [6.45, 7) is 8.20. The highest BCUT2D eigenvalue weighted by molar-refractivity contribution is 8.13. The number of hydrogen-bond acceptors (Lipinski definition) is 3. The predicted octanol–water partition coefficient (Wildman–Crippen LogP) is 2.44. The van der Waals surface area contributed by atoms with Crippen LogP contribution >= 0.6 is 11.8 Å². The number of rotatable bonds is 4. The van der Waals surface area contributed by atoms with E-state index in [1.54, 1.807) is 0 Å². The molecule has 1 aromatic rings. The van der Waals surface area contributed by atoms with Gasteiger partial charge in [0, 0.05) is 17.5 Å². The summed E-state index contributed by atoms with van der Waals surface area (Å²) in [4.78, 5) is 4.64. The number of hydrogen-bond donors (Lipinski definition) is 1. The molecule has 1 fully saturated rings. The van der Waals surface area contributed by atoms with E-state index in [1.165, 1.54) is 12.0 Å². The second-order valence-corrected chi connectivity index (χ2v) is 6.19. The highest BCUT2D eigenvalue weighted by atomic mass is 32.2. The van der Waals surface area contributed by atoms with E-state index >= 15 is 0 Å². The molecule has 2 rings (SSSR count). The molecule has 0 aromatic carbocycles. The molecule has 1 saturated heterocycles. The summed E-state index contributed by atoms with van der Waals surface area (Å²) in [5, 5.41) is 8.91. The van der Waals surface area contributed by atoms with E-state index in [1.807, 2.05) is 22.6 Å². The van der Waals surface area contributed by atoms with Gasteiger partial charge in [-0.2, -0.15) is 5.10 Å². The summed E-state index contributed by atoms with van der Waals surface area (Å²) in [5.74, 6) is 1.16. The smallest absolute Gasteiger partial charge is 0.157 e. The van der Waals surface area contributed by atoms with Crippen molar-refractivity contribution in [2.75, 3.05) is 12.3 Å². The van der Waals surface area contributed by atoms with Gasteiger partial charge >= 0.3 is 0 Å². The molecule has 1 unspecified atom stereocenters. The monoisotopic (exact) mass is 266 g/mol. The minimum absolute atomic E-state index is 0.229. The molecular formula is C13H22N4S. The van der Waals surface area contributed by atoms with E-state index in [2.05, 4.69) is 42.4 Å². The van der Waals surface area contributed by atoms with Gasteiger partial charge in [0.05, 0.1) is 19.3 Å². The molecule has 100 valence electrons. The van der Waals surface area contributed by atoms with E-state index in [9.17, 15) is 0 Å². The molecule has 0 amide bonds. The van der Waals surface area contributed by atoms with E-state index in [0.29, 0.717) is 0 Å². The number of nitrogens with zero attached hydrogens (tertiary/aromatic N) is 3. The molecule has 0 aliphatic carbocycles. The Bertz CT molecular complexity index is 426. The Hall–Kier alpha value is -0.970. The molecular weight excluding hydrogens is 244 g/mol. The molecule has 1 aliphatic heterocycles. The maximum atomic E-state index is 4.64. The second kappa shape index (κ2) is 5.78. The first-order chi connectivity index (χ1) is 8.61. The van der Waals surface area contributed by atoms with Gasteiger partial charge in [-0.1, -0.05) is 18.7 Å². The van der Waals surface area contributed by atoms with Gasteiger partial charge in [0.1, 0.15) is 0 Å². The van der Waals surface area contributed by atoms with Crippen LogP contribution in [0.1, 0.15) is 32.3 Å². The molecule has 0 radical (unpaired) electrons. The predicted molar refractivity (Wildman–Crippen MR) is 78.2 cm³/mol. The summed E-state index contributed by atoms with van der Waals surface area (Å²) < 4.78 is 1.95. The van der Waals surface area contributed by atoms with Crippen LogP contribution in [0.4, 0.5) is 0 Å². The lowest BCUT2D eigenvalue weighted by Gasteiger charge is -2.35. The average molecular weight is 266 g/mol. The number of thioether (sulfide) groups is 1. The van der Waals surface area contributed by atoms with Crippen LogP contribution in [0.25, 0.3) is 0 Å². The molecule has 0 spiro atoms. The van der Waals surface area contributed by atoms with Crippen molar-refractivity contribution in [1.82, 2.24) is 15.1 Å². The number of aryl methyl sites for hydroxylation is 1. The zero-order chi connectivity index (χ0) is 13.0. The average Bonchev–Trinajstić information content (AvgIpc) is 2.75. The molecule has 2 heterocycles. The lowest BCUT2D eigenvalue weighted by atomic mass is 9.96. The number of aliphatic imine (C=N–C) groups is 1. The van der Waals surface area contributed by atoms with Gasteiger partial charge in [-0.05, 0) is 32.3 Å². The number of amidine groups is 1. The van der Waals surface area contributed by atoms with Crippen molar-refractivity contribution in [1.29, 1.82) is 0 Å². The van der Waals surface area contributed by atoms with Crippen molar-refractivity contribution >= 4 is 16.9 Å². The van der Waals surface area contributed by atoms with Crippen molar-refractivity contribution in [3.8, 4) is 0 Å². The Morgan fingerprint density at radius 2 is 2.44 bits per heavy atom. The van der Waals surface area contributed by atoms with Crippen molar-refractivity contribution < 1.29 is 0 Å². The van der Waals surface area contributed by atoms with Crippen LogP contribution < -0.4 is 5.32 Å². The molecule has 1 aromatic heterocycles. The minimum atomic E-state index is 0.229. The van der Waals surface area contributed by atoms with Crippen molar-refractivity contribution in [3.63, 3.8) is 0 Å². The fourth-order valence-electron chi connectivity index (χ4n) is 1.92. The van der Waals surface area contributed by atoms with E-state index < -0.39 is 0 Å². The van der Waals surface area contributed by atoms with Crippen molar-refractivity contribution in [2.24, 2.45) is 4.99 Å². The first-order valence-corrected chi connectivity index (χ1v) is 7.54. The Kier molecular flexibility index (Phi) is 4.32. The Balaban J connectivity index is 1.85. The molecule has 5 heteroatoms. The maximum Gasteiger partial charge on any atom is 0.157 e. The van der Waals surface area contributed by atoms with Gasteiger partial charge in [-0.25, -0.2) is 0 Å². The van der Waals surface area contributed by atoms with Crippen LogP contribution in [-0.2, 0) is 6.54 Å². The molecule has 4 nitrogen and oxygen atoms in total. The quantitative estimate of drug-likeness (QED) is 0.910. The zero-order valence-corrected chi connectivity index (χ0v) is 12.3. The van der Waals surface area contributed by atoms with Crippen LogP contribution in [0.5, 0.6) is 0 Å². The molecule has 0 saturated carbocycles. The van der Waals surface area contributed by atoms with Crippen LogP contribution in [0.3, 0.4) is 0 Å². The minimum Gasteiger partial charge on any atom is -0.360 e. The summed E-state index contributed by atoms with van der Waals surface area (Å²) in [6, 6.07) is 0. The highest BCUT2D eigenvalue weighted by Gasteiger charge is 2.27. The van der Waals surface area contributed by atoms with E-state index in [-0.39, 0.29) is 5.54 Å². The molecule has 1 N–H and O–H groups in total. The van der Waals surface area contributed by atoms with Gasteiger partial charge in [-0.3, -0.25) is 9.67 Å². The largest absolute Gasteiger partial charge is 0.360 e. The highest BCUT2D eigenvalue weighted by Crippen LogP contribution is 2.24. The summed E-state index contributed by atoms with van der Waals surface area (Å²) >= 11 is 1.83. The lowest BCUT2D eigenvalue weighted by Crippen LogP contribution is -2.48. The number of aromatic nitrogens is 2. The Morgan fingerprint density at radius 1 is 1.61 bits per heavy atom. The topological polar surface area (TPSA) is 42.2 Å². The lowest BCUT2D eigenvalue weighted by molar-refractivity contribution is 0.389. The Morgan fingerprint density at radius 3 is 3.11 bits per heavy atom. The van der Waals surface area contributed by atoms with Gasteiger partial charge in [0.2, 0.25) is 0 Å². The third-order valence-corrected chi connectivity index (χ3v) is 4.34. The standard InChI is InChI=1S/C13H22N4S/c1-4-13(3)5-8-18-12(16-13)14-6-7-17-10-11(2)9-15-17/h9-10H,4-8H2,1-3H3,(H,14,16). The summed E-state index contributed by atoms with van der Waals surface area (Å²) in [5.41, 5.74) is 1.43. The van der Waals surface area contributed by atoms with Crippen LogP contribution in [-0.4, -0.2) is 32.8 Å². The van der Waals surface area contributed by atoms with Crippen LogP contribution in [0, 0.1) is 6.92 Å². The van der Waals surface area contributed by atoms with Gasteiger partial charge in [0.25, 0.3) is 0 Å². The van der Waals surface area contributed by atoms with Crippen molar-refractivity contribution in [3.05, 3.63) is 18.0 Å².